The number of nitrogens with one attached hydrogen (secondary N) is 2. The number of amides is 2. The first-order valence-electron chi connectivity index (χ1n) is 9.78. The summed E-state index contributed by atoms with van der Waals surface area (Å²) in [5, 5.41) is 14.1. The fourth-order valence-corrected chi connectivity index (χ4v) is 4.61. The number of benzene rings is 1. The summed E-state index contributed by atoms with van der Waals surface area (Å²) in [5.74, 6) is -0.396. The van der Waals surface area contributed by atoms with Gasteiger partial charge in [-0.25, -0.2) is 0 Å². The average molecular weight is 413 g/mol. The van der Waals surface area contributed by atoms with Crippen molar-refractivity contribution >= 4 is 40.1 Å². The Morgan fingerprint density at radius 2 is 2.00 bits per heavy atom. The molecule has 1 heterocycles. The first-order chi connectivity index (χ1) is 13.6. The van der Waals surface area contributed by atoms with Gasteiger partial charge in [0.2, 0.25) is 11.8 Å². The van der Waals surface area contributed by atoms with Crippen LogP contribution in [0.2, 0.25) is 0 Å². The summed E-state index contributed by atoms with van der Waals surface area (Å²) in [7, 11) is 0. The van der Waals surface area contributed by atoms with E-state index >= 15 is 0 Å². The van der Waals surface area contributed by atoms with Gasteiger partial charge in [0.05, 0.1) is 5.71 Å². The molecule has 0 spiro atoms. The summed E-state index contributed by atoms with van der Waals surface area (Å²) in [6.45, 7) is 10.4. The number of aryl methyl sites for hydroxylation is 2. The average Bonchev–Trinajstić information content (AvgIpc) is 2.94. The van der Waals surface area contributed by atoms with E-state index in [1.165, 1.54) is 17.3 Å². The van der Waals surface area contributed by atoms with Crippen LogP contribution in [0.5, 0.6) is 0 Å². The summed E-state index contributed by atoms with van der Waals surface area (Å²) < 4.78 is 0. The molecular formula is C22H28N4O2S. The maximum absolute atomic E-state index is 12.4. The maximum atomic E-state index is 12.4. The van der Waals surface area contributed by atoms with Gasteiger partial charge >= 0.3 is 0 Å². The highest BCUT2D eigenvalue weighted by Gasteiger charge is 2.32. The molecule has 7 heteroatoms. The van der Waals surface area contributed by atoms with Crippen molar-refractivity contribution in [2.75, 3.05) is 5.32 Å². The van der Waals surface area contributed by atoms with Crippen LogP contribution in [0.15, 0.2) is 40.1 Å². The number of hydrogen-bond acceptors (Lipinski definition) is 5. The molecule has 3 rings (SSSR count). The Kier molecular flexibility index (Phi) is 6.27. The van der Waals surface area contributed by atoms with Crippen LogP contribution < -0.4 is 10.6 Å². The van der Waals surface area contributed by atoms with Gasteiger partial charge in [0, 0.05) is 12.1 Å². The Balaban J connectivity index is 1.62. The molecule has 2 N–H and O–H groups in total. The maximum Gasteiger partial charge on any atom is 0.240 e. The Labute approximate surface area is 176 Å². The Morgan fingerprint density at radius 3 is 2.72 bits per heavy atom. The predicted octanol–water partition coefficient (Wildman–Crippen LogP) is 4.34. The fraction of sp³-hybridized carbons (Fsp3) is 0.455. The number of hydrogen-bond donors (Lipinski definition) is 2. The highest BCUT2D eigenvalue weighted by Crippen LogP contribution is 2.34. The second-order valence-electron chi connectivity index (χ2n) is 8.67. The molecule has 154 valence electrons. The number of anilines is 1. The minimum atomic E-state index is -0.501. The van der Waals surface area contributed by atoms with Gasteiger partial charge in [0.15, 0.2) is 5.17 Å². The SMILES string of the molecule is CC1=C/C(=N/N=C2\NC(=O)[C@@H](CC(=O)Nc3cc(C)ccc3C)S2)CC(C)(C)C1. The molecule has 6 nitrogen and oxygen atoms in total. The van der Waals surface area contributed by atoms with Crippen LogP contribution in [0.3, 0.4) is 0 Å². The van der Waals surface area contributed by atoms with Crippen LogP contribution in [-0.2, 0) is 9.59 Å². The zero-order chi connectivity index (χ0) is 21.2. The van der Waals surface area contributed by atoms with Crippen molar-refractivity contribution in [2.45, 2.75) is 59.1 Å². The lowest BCUT2D eigenvalue weighted by Crippen LogP contribution is -2.28. The molecule has 1 aromatic rings. The molecular weight excluding hydrogens is 384 g/mol. The van der Waals surface area contributed by atoms with Gasteiger partial charge in [-0.1, -0.05) is 43.3 Å². The quantitative estimate of drug-likeness (QED) is 0.722. The first-order valence-corrected chi connectivity index (χ1v) is 10.7. The van der Waals surface area contributed by atoms with E-state index in [2.05, 4.69) is 47.7 Å². The van der Waals surface area contributed by atoms with Crippen LogP contribution in [0, 0.1) is 19.3 Å². The lowest BCUT2D eigenvalue weighted by Gasteiger charge is -2.28. The molecule has 0 saturated carbocycles. The van der Waals surface area contributed by atoms with Gasteiger partial charge in [0.25, 0.3) is 0 Å². The van der Waals surface area contributed by atoms with Crippen molar-refractivity contribution in [3.05, 3.63) is 41.0 Å². The van der Waals surface area contributed by atoms with Crippen molar-refractivity contribution in [1.29, 1.82) is 0 Å². The van der Waals surface area contributed by atoms with E-state index in [1.54, 1.807) is 0 Å². The van der Waals surface area contributed by atoms with Gasteiger partial charge in [-0.2, -0.15) is 5.10 Å². The fourth-order valence-electron chi connectivity index (χ4n) is 3.69. The molecule has 0 aromatic heterocycles. The van der Waals surface area contributed by atoms with Crippen LogP contribution in [0.4, 0.5) is 5.69 Å². The third-order valence-electron chi connectivity index (χ3n) is 4.91. The Hall–Kier alpha value is -2.41. The summed E-state index contributed by atoms with van der Waals surface area (Å²) in [5.41, 5.74) is 5.20. The highest BCUT2D eigenvalue weighted by molar-refractivity contribution is 8.15. The molecule has 29 heavy (non-hydrogen) atoms. The number of thioether (sulfide) groups is 1. The van der Waals surface area contributed by atoms with Gasteiger partial charge in [-0.15, -0.1) is 5.10 Å². The van der Waals surface area contributed by atoms with Gasteiger partial charge in [0.1, 0.15) is 5.25 Å². The lowest BCUT2D eigenvalue weighted by molar-refractivity contribution is -0.122. The summed E-state index contributed by atoms with van der Waals surface area (Å²) >= 11 is 1.26. The molecule has 1 aliphatic heterocycles. The molecule has 1 aromatic carbocycles. The van der Waals surface area contributed by atoms with E-state index in [0.29, 0.717) is 5.17 Å². The molecule has 0 radical (unpaired) electrons. The smallest absolute Gasteiger partial charge is 0.240 e. The standard InChI is InChI=1S/C22H28N4O2S/c1-13-6-7-15(3)17(9-13)23-19(27)10-18-20(28)24-21(29-18)26-25-16-8-14(2)11-22(4,5)12-16/h6-9,18H,10-12H2,1-5H3,(H,23,27)(H,24,26,28)/b25-16-/t18-/m1/s1. The van der Waals surface area contributed by atoms with E-state index in [4.69, 9.17) is 0 Å². The van der Waals surface area contributed by atoms with Gasteiger partial charge in [-0.05, 0) is 62.3 Å². The Bertz CT molecular complexity index is 931. The van der Waals surface area contributed by atoms with Crippen LogP contribution in [-0.4, -0.2) is 27.9 Å². The Morgan fingerprint density at radius 1 is 1.24 bits per heavy atom. The van der Waals surface area contributed by atoms with Crippen molar-refractivity contribution in [3.8, 4) is 0 Å². The van der Waals surface area contributed by atoms with Gasteiger partial charge < -0.3 is 10.6 Å². The zero-order valence-corrected chi connectivity index (χ0v) is 18.4. The third-order valence-corrected chi connectivity index (χ3v) is 5.99. The number of allylic oxidation sites excluding steroid dienone is 2. The van der Waals surface area contributed by atoms with E-state index in [0.717, 1.165) is 35.4 Å². The number of carbonyl (C=O) groups excluding carboxylic acids is 2. The van der Waals surface area contributed by atoms with E-state index in [1.807, 2.05) is 32.0 Å². The number of amidine groups is 1. The van der Waals surface area contributed by atoms with Crippen molar-refractivity contribution in [2.24, 2.45) is 15.6 Å². The topological polar surface area (TPSA) is 82.9 Å². The molecule has 1 atom stereocenters. The molecule has 1 saturated heterocycles. The normalized spacial score (nSPS) is 23.8. The summed E-state index contributed by atoms with van der Waals surface area (Å²) in [6.07, 6.45) is 4.05. The van der Waals surface area contributed by atoms with Crippen LogP contribution in [0.25, 0.3) is 0 Å². The minimum absolute atomic E-state index is 0.0888. The van der Waals surface area contributed by atoms with E-state index in [-0.39, 0.29) is 23.7 Å². The highest BCUT2D eigenvalue weighted by atomic mass is 32.2. The molecule has 2 aliphatic rings. The second kappa shape index (κ2) is 8.53. The first kappa shape index (κ1) is 21.3. The second-order valence-corrected chi connectivity index (χ2v) is 9.86. The molecule has 0 unspecified atom stereocenters. The van der Waals surface area contributed by atoms with E-state index in [9.17, 15) is 9.59 Å². The molecule has 1 aliphatic carbocycles. The minimum Gasteiger partial charge on any atom is -0.326 e. The van der Waals surface area contributed by atoms with Crippen molar-refractivity contribution in [3.63, 3.8) is 0 Å². The largest absolute Gasteiger partial charge is 0.326 e. The predicted molar refractivity (Wildman–Crippen MR) is 120 cm³/mol. The molecule has 2 amide bonds. The lowest BCUT2D eigenvalue weighted by atomic mass is 9.77. The molecule has 1 fully saturated rings. The van der Waals surface area contributed by atoms with E-state index < -0.39 is 5.25 Å². The number of nitrogens with zero attached hydrogens (tertiary/aromatic N) is 2. The summed E-state index contributed by atoms with van der Waals surface area (Å²) in [6, 6.07) is 5.90. The summed E-state index contributed by atoms with van der Waals surface area (Å²) in [4.78, 5) is 24.7. The number of rotatable bonds is 4. The molecule has 0 bridgehead atoms. The van der Waals surface area contributed by atoms with Crippen molar-refractivity contribution < 1.29 is 9.59 Å². The van der Waals surface area contributed by atoms with Crippen LogP contribution in [0.1, 0.15) is 51.2 Å². The monoisotopic (exact) mass is 412 g/mol. The third kappa shape index (κ3) is 5.79. The van der Waals surface area contributed by atoms with Crippen molar-refractivity contribution in [1.82, 2.24) is 5.32 Å². The number of carbonyl (C=O) groups is 2. The van der Waals surface area contributed by atoms with Crippen LogP contribution >= 0.6 is 11.8 Å². The zero-order valence-electron chi connectivity index (χ0n) is 17.6. The van der Waals surface area contributed by atoms with Gasteiger partial charge in [-0.3, -0.25) is 9.59 Å².